The van der Waals surface area contributed by atoms with Gasteiger partial charge in [0.1, 0.15) is 0 Å². The van der Waals surface area contributed by atoms with Crippen molar-refractivity contribution in [1.29, 1.82) is 0 Å². The van der Waals surface area contributed by atoms with Crippen molar-refractivity contribution in [3.63, 3.8) is 0 Å². The maximum absolute atomic E-state index is 11.6. The summed E-state index contributed by atoms with van der Waals surface area (Å²) in [6.07, 6.45) is 7.80. The molecule has 0 saturated carbocycles. The molecule has 2 aromatic heterocycles. The maximum atomic E-state index is 11.6. The minimum absolute atomic E-state index is 0.203. The molecular formula is C13H17N5O2S2. The van der Waals surface area contributed by atoms with E-state index >= 15 is 0 Å². The number of thiazole rings is 1. The van der Waals surface area contributed by atoms with Gasteiger partial charge in [0.2, 0.25) is 10.0 Å². The fraction of sp³-hybridized carbons (Fsp3) is 0.462. The molecule has 1 N–H and O–H groups in total. The third kappa shape index (κ3) is 3.42. The highest BCUT2D eigenvalue weighted by molar-refractivity contribution is 7.88. The Balaban J connectivity index is 1.76. The molecule has 118 valence electrons. The molecule has 1 aliphatic heterocycles. The Morgan fingerprint density at radius 2 is 1.91 bits per heavy atom. The minimum Gasteiger partial charge on any atom is -0.315 e. The van der Waals surface area contributed by atoms with E-state index in [1.807, 2.05) is 5.38 Å². The first-order valence-corrected chi connectivity index (χ1v) is 9.69. The molecule has 0 unspecified atom stereocenters. The second-order valence-corrected chi connectivity index (χ2v) is 8.07. The normalized spacial score (nSPS) is 17.5. The monoisotopic (exact) mass is 339 g/mol. The van der Waals surface area contributed by atoms with E-state index in [-0.39, 0.29) is 5.92 Å². The van der Waals surface area contributed by atoms with E-state index in [0.717, 1.165) is 23.7 Å². The fourth-order valence-electron chi connectivity index (χ4n) is 2.59. The Hall–Kier alpha value is -1.58. The lowest BCUT2D eigenvalue weighted by molar-refractivity contribution is 0.319. The van der Waals surface area contributed by atoms with Crippen LogP contribution < -0.4 is 5.32 Å². The predicted molar refractivity (Wildman–Crippen MR) is 85.8 cm³/mol. The molecule has 2 aromatic rings. The van der Waals surface area contributed by atoms with Crippen LogP contribution in [-0.4, -0.2) is 47.0 Å². The lowest BCUT2D eigenvalue weighted by Gasteiger charge is -2.30. The molecular weight excluding hydrogens is 322 g/mol. The zero-order valence-corrected chi connectivity index (χ0v) is 13.8. The standard InChI is InChI=1S/C13H17N5O2S2/c1-22(19,20)18-7-2-10(3-8-18)11-12(15-5-4-14-11)17-13-16-6-9-21-13/h4-6,9-10H,2-3,7-8H2,1H3,(H,15,16,17). The molecule has 0 amide bonds. The van der Waals surface area contributed by atoms with Crippen LogP contribution in [0.2, 0.25) is 0 Å². The first-order valence-electron chi connectivity index (χ1n) is 6.96. The Labute approximate surface area is 133 Å². The first kappa shape index (κ1) is 15.3. The molecule has 0 radical (unpaired) electrons. The van der Waals surface area contributed by atoms with Crippen LogP contribution in [0.4, 0.5) is 10.9 Å². The van der Waals surface area contributed by atoms with E-state index in [1.165, 1.54) is 21.9 Å². The van der Waals surface area contributed by atoms with E-state index in [0.29, 0.717) is 18.9 Å². The molecule has 22 heavy (non-hydrogen) atoms. The van der Waals surface area contributed by atoms with Crippen molar-refractivity contribution in [1.82, 2.24) is 19.3 Å². The van der Waals surface area contributed by atoms with E-state index < -0.39 is 10.0 Å². The summed E-state index contributed by atoms with van der Waals surface area (Å²) in [5, 5.41) is 5.86. The summed E-state index contributed by atoms with van der Waals surface area (Å²) in [6, 6.07) is 0. The Morgan fingerprint density at radius 1 is 1.18 bits per heavy atom. The molecule has 0 bridgehead atoms. The van der Waals surface area contributed by atoms with Gasteiger partial charge in [-0.05, 0) is 12.8 Å². The van der Waals surface area contributed by atoms with E-state index in [4.69, 9.17) is 0 Å². The van der Waals surface area contributed by atoms with Crippen LogP contribution in [0, 0.1) is 0 Å². The lowest BCUT2D eigenvalue weighted by atomic mass is 9.94. The minimum atomic E-state index is -3.11. The molecule has 0 spiro atoms. The van der Waals surface area contributed by atoms with Gasteiger partial charge in [0.25, 0.3) is 0 Å². The van der Waals surface area contributed by atoms with Crippen LogP contribution in [0.25, 0.3) is 0 Å². The summed E-state index contributed by atoms with van der Waals surface area (Å²) in [6.45, 7) is 1.05. The number of hydrogen-bond donors (Lipinski definition) is 1. The Bertz CT molecular complexity index is 725. The van der Waals surface area contributed by atoms with Gasteiger partial charge in [0.05, 0.1) is 11.9 Å². The predicted octanol–water partition coefficient (Wildman–Crippen LogP) is 1.82. The smallest absolute Gasteiger partial charge is 0.211 e. The number of sulfonamides is 1. The third-order valence-electron chi connectivity index (χ3n) is 3.69. The summed E-state index contributed by atoms with van der Waals surface area (Å²) >= 11 is 1.50. The molecule has 3 rings (SSSR count). The molecule has 0 atom stereocenters. The molecule has 9 heteroatoms. The van der Waals surface area contributed by atoms with Crippen molar-refractivity contribution >= 4 is 32.3 Å². The molecule has 0 aromatic carbocycles. The number of nitrogens with zero attached hydrogens (tertiary/aromatic N) is 4. The van der Waals surface area contributed by atoms with Gasteiger partial charge in [-0.25, -0.2) is 22.7 Å². The number of anilines is 2. The third-order valence-corrected chi connectivity index (χ3v) is 5.69. The van der Waals surface area contributed by atoms with Crippen LogP contribution in [-0.2, 0) is 10.0 Å². The average Bonchev–Trinajstić information content (AvgIpc) is 3.00. The van der Waals surface area contributed by atoms with Crippen molar-refractivity contribution in [2.75, 3.05) is 24.7 Å². The highest BCUT2D eigenvalue weighted by Crippen LogP contribution is 2.32. The molecule has 1 fully saturated rings. The van der Waals surface area contributed by atoms with Gasteiger partial charge in [-0.3, -0.25) is 4.98 Å². The summed E-state index contributed by atoms with van der Waals surface area (Å²) in [5.74, 6) is 0.907. The van der Waals surface area contributed by atoms with Crippen LogP contribution >= 0.6 is 11.3 Å². The van der Waals surface area contributed by atoms with Gasteiger partial charge >= 0.3 is 0 Å². The number of aromatic nitrogens is 3. The van der Waals surface area contributed by atoms with Gasteiger partial charge in [0, 0.05) is 43.0 Å². The summed E-state index contributed by atoms with van der Waals surface area (Å²) in [5.41, 5.74) is 0.880. The van der Waals surface area contributed by atoms with Crippen LogP contribution in [0.3, 0.4) is 0 Å². The quantitative estimate of drug-likeness (QED) is 0.914. The van der Waals surface area contributed by atoms with Gasteiger partial charge < -0.3 is 5.32 Å². The SMILES string of the molecule is CS(=O)(=O)N1CCC(c2nccnc2Nc2nccs2)CC1. The average molecular weight is 339 g/mol. The van der Waals surface area contributed by atoms with Gasteiger partial charge in [-0.2, -0.15) is 0 Å². The Morgan fingerprint density at radius 3 is 2.55 bits per heavy atom. The van der Waals surface area contributed by atoms with Crippen molar-refractivity contribution in [3.05, 3.63) is 29.7 Å². The fourth-order valence-corrected chi connectivity index (χ4v) is 3.99. The molecule has 7 nitrogen and oxygen atoms in total. The first-order chi connectivity index (χ1) is 10.5. The lowest BCUT2D eigenvalue weighted by Crippen LogP contribution is -2.37. The van der Waals surface area contributed by atoms with Crippen molar-refractivity contribution in [2.24, 2.45) is 0 Å². The number of nitrogens with one attached hydrogen (secondary N) is 1. The zero-order valence-electron chi connectivity index (χ0n) is 12.1. The second kappa shape index (κ2) is 6.27. The molecule has 3 heterocycles. The summed E-state index contributed by atoms with van der Waals surface area (Å²) < 4.78 is 24.7. The largest absolute Gasteiger partial charge is 0.315 e. The molecule has 1 saturated heterocycles. The highest BCUT2D eigenvalue weighted by Gasteiger charge is 2.28. The van der Waals surface area contributed by atoms with E-state index in [2.05, 4.69) is 20.3 Å². The molecule has 0 aliphatic carbocycles. The highest BCUT2D eigenvalue weighted by atomic mass is 32.2. The van der Waals surface area contributed by atoms with Crippen LogP contribution in [0.1, 0.15) is 24.5 Å². The van der Waals surface area contributed by atoms with Gasteiger partial charge in [-0.15, -0.1) is 11.3 Å². The van der Waals surface area contributed by atoms with E-state index in [9.17, 15) is 8.42 Å². The second-order valence-electron chi connectivity index (χ2n) is 5.19. The number of rotatable bonds is 4. The number of hydrogen-bond acceptors (Lipinski definition) is 7. The van der Waals surface area contributed by atoms with Gasteiger partial charge in [0.15, 0.2) is 10.9 Å². The van der Waals surface area contributed by atoms with Crippen LogP contribution in [0.5, 0.6) is 0 Å². The van der Waals surface area contributed by atoms with Crippen molar-refractivity contribution < 1.29 is 8.42 Å². The Kier molecular flexibility index (Phi) is 4.37. The molecule has 1 aliphatic rings. The van der Waals surface area contributed by atoms with Crippen molar-refractivity contribution in [3.8, 4) is 0 Å². The van der Waals surface area contributed by atoms with Crippen molar-refractivity contribution in [2.45, 2.75) is 18.8 Å². The topological polar surface area (TPSA) is 88.1 Å². The van der Waals surface area contributed by atoms with Gasteiger partial charge in [-0.1, -0.05) is 0 Å². The van der Waals surface area contributed by atoms with E-state index in [1.54, 1.807) is 18.6 Å². The van der Waals surface area contributed by atoms with Crippen LogP contribution in [0.15, 0.2) is 24.0 Å². The summed E-state index contributed by atoms with van der Waals surface area (Å²) in [4.78, 5) is 13.0. The summed E-state index contributed by atoms with van der Waals surface area (Å²) in [7, 11) is -3.11. The zero-order chi connectivity index (χ0) is 15.6. The maximum Gasteiger partial charge on any atom is 0.211 e. The number of piperidine rings is 1.